The molecule has 0 saturated carbocycles. The second kappa shape index (κ2) is 7.90. The average molecular weight is 449 g/mol. The Labute approximate surface area is 194 Å². The van der Waals surface area contributed by atoms with E-state index < -0.39 is 5.54 Å². The van der Waals surface area contributed by atoms with Crippen LogP contribution in [0.15, 0.2) is 73.1 Å². The molecule has 34 heavy (non-hydrogen) atoms. The van der Waals surface area contributed by atoms with Gasteiger partial charge < -0.3 is 4.98 Å². The van der Waals surface area contributed by atoms with Crippen LogP contribution in [-0.2, 0) is 12.0 Å². The van der Waals surface area contributed by atoms with Crippen molar-refractivity contribution in [2.75, 3.05) is 0 Å². The first-order valence-electron chi connectivity index (χ1n) is 11.0. The van der Waals surface area contributed by atoms with Gasteiger partial charge >= 0.3 is 0 Å². The number of para-hydroxylation sites is 1. The molecule has 0 radical (unpaired) electrons. The van der Waals surface area contributed by atoms with Gasteiger partial charge in [0.2, 0.25) is 0 Å². The van der Waals surface area contributed by atoms with Crippen LogP contribution in [0.1, 0.15) is 35.1 Å². The van der Waals surface area contributed by atoms with Crippen LogP contribution in [0.4, 0.5) is 4.39 Å². The number of nitrogens with one attached hydrogen (secondary N) is 3. The van der Waals surface area contributed by atoms with Crippen LogP contribution in [0.2, 0.25) is 0 Å². The summed E-state index contributed by atoms with van der Waals surface area (Å²) < 4.78 is 13.4. The van der Waals surface area contributed by atoms with Crippen molar-refractivity contribution in [3.8, 4) is 17.5 Å². The fraction of sp³-hybridized carbons (Fsp3) is 0.154. The molecule has 3 aromatic heterocycles. The van der Waals surface area contributed by atoms with Crippen molar-refractivity contribution in [2.24, 2.45) is 0 Å². The number of halogens is 1. The summed E-state index contributed by atoms with van der Waals surface area (Å²) in [6.07, 6.45) is 4.38. The first-order chi connectivity index (χ1) is 16.7. The van der Waals surface area contributed by atoms with E-state index in [4.69, 9.17) is 4.98 Å². The number of aromatic nitrogens is 5. The lowest BCUT2D eigenvalue weighted by atomic mass is 9.77. The maximum atomic E-state index is 13.4. The normalized spacial score (nSPS) is 19.6. The van der Waals surface area contributed by atoms with E-state index in [1.54, 1.807) is 24.5 Å². The minimum atomic E-state index is -0.802. The van der Waals surface area contributed by atoms with Crippen molar-refractivity contribution in [1.82, 2.24) is 30.5 Å². The van der Waals surface area contributed by atoms with E-state index in [0.717, 1.165) is 33.3 Å². The summed E-state index contributed by atoms with van der Waals surface area (Å²) in [6.45, 7) is 0. The molecular formula is C26H20FN7. The van der Waals surface area contributed by atoms with Crippen LogP contribution >= 0.6 is 0 Å². The minimum Gasteiger partial charge on any atom is -0.356 e. The van der Waals surface area contributed by atoms with Crippen molar-refractivity contribution < 1.29 is 4.39 Å². The molecule has 0 bridgehead atoms. The molecule has 4 heterocycles. The molecule has 166 valence electrons. The molecular weight excluding hydrogens is 429 g/mol. The number of hydrogen-bond donors (Lipinski definition) is 3. The van der Waals surface area contributed by atoms with Gasteiger partial charge in [-0.25, -0.2) is 9.37 Å². The van der Waals surface area contributed by atoms with E-state index in [1.165, 1.54) is 12.1 Å². The Morgan fingerprint density at radius 1 is 1.09 bits per heavy atom. The number of nitriles is 1. The fourth-order valence-electron chi connectivity index (χ4n) is 4.93. The summed E-state index contributed by atoms with van der Waals surface area (Å²) >= 11 is 0. The third-order valence-electron chi connectivity index (χ3n) is 6.50. The van der Waals surface area contributed by atoms with Gasteiger partial charge in [-0.2, -0.15) is 10.4 Å². The number of pyridine rings is 1. The summed E-state index contributed by atoms with van der Waals surface area (Å²) in [6, 6.07) is 20.3. The number of fused-ring (bicyclic) bond motifs is 3. The number of aromatic amines is 2. The summed E-state index contributed by atoms with van der Waals surface area (Å²) in [7, 11) is 0. The van der Waals surface area contributed by atoms with Gasteiger partial charge in [0.15, 0.2) is 5.82 Å². The summed E-state index contributed by atoms with van der Waals surface area (Å²) in [5.74, 6) is 0.841. The lowest BCUT2D eigenvalue weighted by Gasteiger charge is -2.40. The monoisotopic (exact) mass is 449 g/mol. The fourth-order valence-corrected chi connectivity index (χ4v) is 4.93. The standard InChI is InChI=1S/C26H20FN7/c27-18-9-7-16(8-10-18)24-31-25(34-33-24)22-14-20-19-5-1-2-6-21(19)30-23(20)26(32-22,11-12-28)17-4-3-13-29-15-17/h1-10,13,15,22,30,32H,11,14H2,(H,31,33,34)/t22-,26?/m1/s1. The van der Waals surface area contributed by atoms with Crippen molar-refractivity contribution in [2.45, 2.75) is 24.4 Å². The number of nitrogens with zero attached hydrogens (tertiary/aromatic N) is 4. The Morgan fingerprint density at radius 3 is 2.74 bits per heavy atom. The Hall–Kier alpha value is -4.35. The number of rotatable bonds is 4. The van der Waals surface area contributed by atoms with E-state index in [2.05, 4.69) is 37.6 Å². The molecule has 0 spiro atoms. The van der Waals surface area contributed by atoms with Gasteiger partial charge in [0, 0.05) is 34.6 Å². The number of hydrogen-bond acceptors (Lipinski definition) is 5. The second-order valence-electron chi connectivity index (χ2n) is 8.46. The first kappa shape index (κ1) is 20.3. The van der Waals surface area contributed by atoms with E-state index >= 15 is 0 Å². The van der Waals surface area contributed by atoms with E-state index in [1.807, 2.05) is 30.3 Å². The number of benzene rings is 2. The SMILES string of the molecule is N#CCC1(c2cccnc2)N[C@@H](c2nc(-c3ccc(F)cc3)n[nH]2)Cc2c1[nH]c1ccccc21. The highest BCUT2D eigenvalue weighted by molar-refractivity contribution is 5.86. The predicted molar refractivity (Wildman–Crippen MR) is 125 cm³/mol. The van der Waals surface area contributed by atoms with Gasteiger partial charge in [0.1, 0.15) is 11.6 Å². The maximum absolute atomic E-state index is 13.4. The van der Waals surface area contributed by atoms with Crippen molar-refractivity contribution in [3.05, 3.63) is 102 Å². The highest BCUT2D eigenvalue weighted by Crippen LogP contribution is 2.44. The lowest BCUT2D eigenvalue weighted by molar-refractivity contribution is 0.307. The van der Waals surface area contributed by atoms with Crippen LogP contribution in [0.3, 0.4) is 0 Å². The molecule has 0 aliphatic carbocycles. The van der Waals surface area contributed by atoms with Crippen LogP contribution in [0.25, 0.3) is 22.3 Å². The molecule has 1 unspecified atom stereocenters. The van der Waals surface area contributed by atoms with E-state index in [9.17, 15) is 9.65 Å². The second-order valence-corrected chi connectivity index (χ2v) is 8.46. The summed E-state index contributed by atoms with van der Waals surface area (Å²) in [5.41, 5.74) is 3.94. The topological polar surface area (TPSA) is 106 Å². The minimum absolute atomic E-state index is 0.202. The van der Waals surface area contributed by atoms with E-state index in [-0.39, 0.29) is 18.3 Å². The smallest absolute Gasteiger partial charge is 0.181 e. The quantitative estimate of drug-likeness (QED) is 0.374. The third-order valence-corrected chi connectivity index (χ3v) is 6.50. The number of H-pyrrole nitrogens is 2. The highest BCUT2D eigenvalue weighted by Gasteiger charge is 2.45. The molecule has 2 atom stereocenters. The molecule has 0 fully saturated rings. The average Bonchev–Trinajstić information content (AvgIpc) is 3.51. The molecule has 0 amide bonds. The molecule has 6 rings (SSSR count). The van der Waals surface area contributed by atoms with Gasteiger partial charge in [-0.15, -0.1) is 0 Å². The summed E-state index contributed by atoms with van der Waals surface area (Å²) in [4.78, 5) is 12.6. The van der Waals surface area contributed by atoms with Gasteiger partial charge in [0.05, 0.1) is 24.1 Å². The molecule has 0 saturated heterocycles. The van der Waals surface area contributed by atoms with Crippen molar-refractivity contribution >= 4 is 10.9 Å². The van der Waals surface area contributed by atoms with Crippen LogP contribution < -0.4 is 5.32 Å². The molecule has 1 aliphatic heterocycles. The Bertz CT molecular complexity index is 1510. The zero-order valence-electron chi connectivity index (χ0n) is 18.1. The van der Waals surface area contributed by atoms with E-state index in [0.29, 0.717) is 18.1 Å². The largest absolute Gasteiger partial charge is 0.356 e. The van der Waals surface area contributed by atoms with Gasteiger partial charge in [-0.1, -0.05) is 24.3 Å². The van der Waals surface area contributed by atoms with Crippen molar-refractivity contribution in [3.63, 3.8) is 0 Å². The molecule has 3 N–H and O–H groups in total. The first-order valence-corrected chi connectivity index (χ1v) is 11.0. The summed E-state index contributed by atoms with van der Waals surface area (Å²) in [5, 5.41) is 22.2. The Morgan fingerprint density at radius 2 is 1.94 bits per heavy atom. The Balaban J connectivity index is 1.50. The molecule has 1 aliphatic rings. The highest BCUT2D eigenvalue weighted by atomic mass is 19.1. The van der Waals surface area contributed by atoms with Crippen LogP contribution in [-0.4, -0.2) is 25.1 Å². The zero-order chi connectivity index (χ0) is 23.1. The van der Waals surface area contributed by atoms with Gasteiger partial charge in [0.25, 0.3) is 0 Å². The lowest BCUT2D eigenvalue weighted by Crippen LogP contribution is -2.50. The Kier molecular flexibility index (Phi) is 4.71. The zero-order valence-corrected chi connectivity index (χ0v) is 18.1. The van der Waals surface area contributed by atoms with Gasteiger partial charge in [-0.3, -0.25) is 15.4 Å². The third kappa shape index (κ3) is 3.17. The molecule has 5 aromatic rings. The predicted octanol–water partition coefficient (Wildman–Crippen LogP) is 4.53. The molecule has 8 heteroatoms. The molecule has 7 nitrogen and oxygen atoms in total. The van der Waals surface area contributed by atoms with Crippen molar-refractivity contribution in [1.29, 1.82) is 5.26 Å². The van der Waals surface area contributed by atoms with Crippen LogP contribution in [0, 0.1) is 17.1 Å². The van der Waals surface area contributed by atoms with Crippen LogP contribution in [0.5, 0.6) is 0 Å². The van der Waals surface area contributed by atoms with Gasteiger partial charge in [-0.05, 0) is 53.9 Å². The molecule has 2 aromatic carbocycles. The maximum Gasteiger partial charge on any atom is 0.181 e.